The SMILES string of the molecule is CCOC(=O)C1C(=O)N(Cc2cccc(S(=O)(=O)C(F)(F)F)c2)C(=O)c2ccccc21. The molecule has 3 rings (SSSR count). The molecule has 1 aliphatic heterocycles. The monoisotopic (exact) mass is 455 g/mol. The molecule has 1 atom stereocenters. The Morgan fingerprint density at radius 2 is 1.77 bits per heavy atom. The summed E-state index contributed by atoms with van der Waals surface area (Å²) in [5, 5.41) is 0. The van der Waals surface area contributed by atoms with Crippen LogP contribution in [0.15, 0.2) is 53.4 Å². The molecular weight excluding hydrogens is 439 g/mol. The molecule has 1 aliphatic rings. The highest BCUT2D eigenvalue weighted by atomic mass is 32.2. The lowest BCUT2D eigenvalue weighted by atomic mass is 9.88. The van der Waals surface area contributed by atoms with Crippen LogP contribution in [-0.4, -0.2) is 43.2 Å². The molecule has 0 bridgehead atoms. The Bertz CT molecular complexity index is 1160. The van der Waals surface area contributed by atoms with Gasteiger partial charge >= 0.3 is 11.5 Å². The molecule has 1 unspecified atom stereocenters. The van der Waals surface area contributed by atoms with E-state index in [4.69, 9.17) is 4.74 Å². The van der Waals surface area contributed by atoms with Gasteiger partial charge in [0.1, 0.15) is 0 Å². The molecule has 164 valence electrons. The molecule has 0 saturated heterocycles. The van der Waals surface area contributed by atoms with Crippen LogP contribution in [0, 0.1) is 0 Å². The number of amides is 2. The summed E-state index contributed by atoms with van der Waals surface area (Å²) in [7, 11) is -5.61. The Hall–Kier alpha value is -3.21. The average molecular weight is 455 g/mol. The first-order valence-electron chi connectivity index (χ1n) is 9.00. The summed E-state index contributed by atoms with van der Waals surface area (Å²) in [6, 6.07) is 9.79. The highest BCUT2D eigenvalue weighted by Crippen LogP contribution is 2.33. The van der Waals surface area contributed by atoms with Gasteiger partial charge in [-0.05, 0) is 36.2 Å². The van der Waals surface area contributed by atoms with Crippen molar-refractivity contribution in [1.82, 2.24) is 4.90 Å². The van der Waals surface area contributed by atoms with Crippen LogP contribution in [0.5, 0.6) is 0 Å². The molecule has 11 heteroatoms. The van der Waals surface area contributed by atoms with E-state index in [2.05, 4.69) is 0 Å². The fourth-order valence-electron chi connectivity index (χ4n) is 3.21. The van der Waals surface area contributed by atoms with Gasteiger partial charge in [0.05, 0.1) is 18.0 Å². The van der Waals surface area contributed by atoms with Crippen LogP contribution in [0.2, 0.25) is 0 Å². The number of imide groups is 1. The number of rotatable bonds is 5. The predicted octanol–water partition coefficient (Wildman–Crippen LogP) is 2.81. The summed E-state index contributed by atoms with van der Waals surface area (Å²) >= 11 is 0. The third kappa shape index (κ3) is 4.05. The summed E-state index contributed by atoms with van der Waals surface area (Å²) in [6.45, 7) is 1.02. The van der Waals surface area contributed by atoms with Crippen LogP contribution in [0.25, 0.3) is 0 Å². The van der Waals surface area contributed by atoms with Crippen molar-refractivity contribution in [3.63, 3.8) is 0 Å². The summed E-state index contributed by atoms with van der Waals surface area (Å²) in [4.78, 5) is 37.9. The minimum atomic E-state index is -5.61. The Labute approximate surface area is 175 Å². The number of nitrogens with zero attached hydrogens (tertiary/aromatic N) is 1. The van der Waals surface area contributed by atoms with E-state index in [0.717, 1.165) is 18.2 Å². The van der Waals surface area contributed by atoms with Gasteiger partial charge < -0.3 is 4.74 Å². The molecule has 0 radical (unpaired) electrons. The number of esters is 1. The largest absolute Gasteiger partial charge is 0.501 e. The van der Waals surface area contributed by atoms with Crippen LogP contribution < -0.4 is 0 Å². The molecular formula is C20H16F3NO6S. The summed E-state index contributed by atoms with van der Waals surface area (Å²) in [5.41, 5.74) is -5.30. The van der Waals surface area contributed by atoms with E-state index < -0.39 is 50.5 Å². The maximum atomic E-state index is 13.0. The topological polar surface area (TPSA) is 97.8 Å². The van der Waals surface area contributed by atoms with Crippen molar-refractivity contribution in [3.8, 4) is 0 Å². The van der Waals surface area contributed by atoms with E-state index in [-0.39, 0.29) is 23.3 Å². The van der Waals surface area contributed by atoms with Gasteiger partial charge in [-0.1, -0.05) is 30.3 Å². The van der Waals surface area contributed by atoms with Crippen LogP contribution in [-0.2, 0) is 30.7 Å². The maximum absolute atomic E-state index is 13.0. The highest BCUT2D eigenvalue weighted by Gasteiger charge is 2.47. The molecule has 7 nitrogen and oxygen atoms in total. The number of fused-ring (bicyclic) bond motifs is 1. The zero-order valence-electron chi connectivity index (χ0n) is 16.0. The Morgan fingerprint density at radius 1 is 1.10 bits per heavy atom. The lowest BCUT2D eigenvalue weighted by molar-refractivity contribution is -0.151. The van der Waals surface area contributed by atoms with Crippen molar-refractivity contribution in [2.24, 2.45) is 0 Å². The zero-order valence-corrected chi connectivity index (χ0v) is 16.9. The minimum absolute atomic E-state index is 0.00390. The van der Waals surface area contributed by atoms with Gasteiger partial charge in [0.2, 0.25) is 5.91 Å². The molecule has 0 saturated carbocycles. The van der Waals surface area contributed by atoms with Crippen molar-refractivity contribution < 1.29 is 40.7 Å². The van der Waals surface area contributed by atoms with E-state index in [1.807, 2.05) is 0 Å². The van der Waals surface area contributed by atoms with Crippen molar-refractivity contribution in [3.05, 3.63) is 65.2 Å². The van der Waals surface area contributed by atoms with Crippen LogP contribution in [0.3, 0.4) is 0 Å². The maximum Gasteiger partial charge on any atom is 0.501 e. The zero-order chi connectivity index (χ0) is 23.0. The fourth-order valence-corrected chi connectivity index (χ4v) is 4.04. The average Bonchev–Trinajstić information content (AvgIpc) is 2.71. The minimum Gasteiger partial charge on any atom is -0.465 e. The Kier molecular flexibility index (Phi) is 5.90. The third-order valence-electron chi connectivity index (χ3n) is 4.64. The normalized spacial score (nSPS) is 16.8. The number of benzene rings is 2. The first-order chi connectivity index (χ1) is 14.5. The number of hydrogen-bond acceptors (Lipinski definition) is 6. The predicted molar refractivity (Wildman–Crippen MR) is 100 cm³/mol. The molecule has 2 aromatic rings. The van der Waals surface area contributed by atoms with Gasteiger partial charge in [0.15, 0.2) is 5.92 Å². The third-order valence-corrected chi connectivity index (χ3v) is 6.12. The first-order valence-corrected chi connectivity index (χ1v) is 10.5. The van der Waals surface area contributed by atoms with Crippen molar-refractivity contribution in [2.45, 2.75) is 29.8 Å². The highest BCUT2D eigenvalue weighted by molar-refractivity contribution is 7.92. The lowest BCUT2D eigenvalue weighted by Gasteiger charge is -2.31. The molecule has 0 fully saturated rings. The van der Waals surface area contributed by atoms with Gasteiger partial charge in [-0.15, -0.1) is 0 Å². The molecule has 0 spiro atoms. The van der Waals surface area contributed by atoms with E-state index in [1.165, 1.54) is 24.3 Å². The molecule has 0 N–H and O–H groups in total. The quantitative estimate of drug-likeness (QED) is 0.391. The molecule has 0 aromatic heterocycles. The number of hydrogen-bond donors (Lipinski definition) is 0. The van der Waals surface area contributed by atoms with Crippen LogP contribution in [0.4, 0.5) is 13.2 Å². The first kappa shape index (κ1) is 22.5. The van der Waals surface area contributed by atoms with E-state index in [0.29, 0.717) is 4.90 Å². The van der Waals surface area contributed by atoms with Gasteiger partial charge in [-0.25, -0.2) is 8.42 Å². The van der Waals surface area contributed by atoms with Crippen molar-refractivity contribution in [2.75, 3.05) is 6.61 Å². The van der Waals surface area contributed by atoms with E-state index in [1.54, 1.807) is 13.0 Å². The summed E-state index contributed by atoms with van der Waals surface area (Å²) in [6.07, 6.45) is 0. The summed E-state index contributed by atoms with van der Waals surface area (Å²) < 4.78 is 66.8. The van der Waals surface area contributed by atoms with Crippen molar-refractivity contribution >= 4 is 27.6 Å². The van der Waals surface area contributed by atoms with Crippen molar-refractivity contribution in [1.29, 1.82) is 0 Å². The second-order valence-corrected chi connectivity index (χ2v) is 8.54. The number of carbonyl (C=O) groups excluding carboxylic acids is 3. The molecule has 2 aromatic carbocycles. The van der Waals surface area contributed by atoms with Crippen LogP contribution >= 0.6 is 0 Å². The number of sulfone groups is 1. The second-order valence-electron chi connectivity index (χ2n) is 6.60. The summed E-state index contributed by atoms with van der Waals surface area (Å²) in [5.74, 6) is -3.96. The standard InChI is InChI=1S/C20H16F3NO6S/c1-2-30-19(27)16-14-8-3-4-9-15(14)17(25)24(18(16)26)11-12-6-5-7-13(10-12)31(28,29)20(21,22)23/h3-10,16H,2,11H2,1H3. The molecule has 0 aliphatic carbocycles. The number of halogens is 3. The van der Waals surface area contributed by atoms with Crippen LogP contribution in [0.1, 0.15) is 34.3 Å². The molecule has 31 heavy (non-hydrogen) atoms. The van der Waals surface area contributed by atoms with E-state index in [9.17, 15) is 36.0 Å². The Morgan fingerprint density at radius 3 is 2.42 bits per heavy atom. The number of alkyl halides is 3. The molecule has 1 heterocycles. The second kappa shape index (κ2) is 8.14. The number of ether oxygens (including phenoxy) is 1. The van der Waals surface area contributed by atoms with Gasteiger partial charge in [0.25, 0.3) is 15.7 Å². The fraction of sp³-hybridized carbons (Fsp3) is 0.250. The van der Waals surface area contributed by atoms with E-state index >= 15 is 0 Å². The van der Waals surface area contributed by atoms with Gasteiger partial charge in [0, 0.05) is 5.56 Å². The van der Waals surface area contributed by atoms with Gasteiger partial charge in [-0.2, -0.15) is 13.2 Å². The lowest BCUT2D eigenvalue weighted by Crippen LogP contribution is -2.46. The number of carbonyl (C=O) groups is 3. The van der Waals surface area contributed by atoms with Gasteiger partial charge in [-0.3, -0.25) is 19.3 Å². The molecule has 2 amide bonds. The smallest absolute Gasteiger partial charge is 0.465 e. The Balaban J connectivity index is 2.01.